The smallest absolute Gasteiger partial charge is 0.251 e. The first-order valence-corrected chi connectivity index (χ1v) is 6.92. The maximum Gasteiger partial charge on any atom is 0.251 e. The zero-order valence-corrected chi connectivity index (χ0v) is 12.3. The lowest BCUT2D eigenvalue weighted by molar-refractivity contribution is 0.0953. The number of halogens is 1. The molecule has 1 amide bonds. The Balaban J connectivity index is 1.98. The van der Waals surface area contributed by atoms with Crippen molar-refractivity contribution in [2.24, 2.45) is 0 Å². The average molecular weight is 293 g/mol. The third-order valence-electron chi connectivity index (χ3n) is 2.90. The molecular formula is C15H17ClN2O2. The predicted octanol–water partition coefficient (Wildman–Crippen LogP) is 3.42. The van der Waals surface area contributed by atoms with E-state index in [-0.39, 0.29) is 11.8 Å². The summed E-state index contributed by atoms with van der Waals surface area (Å²) in [6.45, 7) is 4.54. The standard InChI is InChI=1S/C15H17ClN2O2/c1-10(2)13-8-11(9-14(16)18-13)15(19)17-6-5-12-4-3-7-20-12/h3-4,7-10H,5-6H2,1-2H3,(H,17,19). The molecule has 2 aromatic rings. The molecule has 0 radical (unpaired) electrons. The van der Waals surface area contributed by atoms with E-state index in [2.05, 4.69) is 10.3 Å². The fraction of sp³-hybridized carbons (Fsp3) is 0.333. The Bertz CT molecular complexity index is 580. The van der Waals surface area contributed by atoms with Gasteiger partial charge in [-0.1, -0.05) is 25.4 Å². The quantitative estimate of drug-likeness (QED) is 0.859. The zero-order valence-electron chi connectivity index (χ0n) is 11.5. The molecule has 0 fully saturated rings. The summed E-state index contributed by atoms with van der Waals surface area (Å²) in [6.07, 6.45) is 2.28. The molecule has 0 spiro atoms. The van der Waals surface area contributed by atoms with Gasteiger partial charge in [0, 0.05) is 24.2 Å². The van der Waals surface area contributed by atoms with Crippen LogP contribution in [0.3, 0.4) is 0 Å². The minimum Gasteiger partial charge on any atom is -0.469 e. The van der Waals surface area contributed by atoms with Gasteiger partial charge in [-0.2, -0.15) is 0 Å². The van der Waals surface area contributed by atoms with Crippen LogP contribution < -0.4 is 5.32 Å². The Morgan fingerprint density at radius 1 is 1.45 bits per heavy atom. The van der Waals surface area contributed by atoms with Crippen molar-refractivity contribution in [3.63, 3.8) is 0 Å². The molecule has 2 rings (SSSR count). The van der Waals surface area contributed by atoms with Gasteiger partial charge in [0.1, 0.15) is 10.9 Å². The SMILES string of the molecule is CC(C)c1cc(C(=O)NCCc2ccco2)cc(Cl)n1. The lowest BCUT2D eigenvalue weighted by atomic mass is 10.1. The van der Waals surface area contributed by atoms with Crippen LogP contribution in [0.1, 0.15) is 41.6 Å². The molecule has 0 saturated heterocycles. The molecule has 0 atom stereocenters. The lowest BCUT2D eigenvalue weighted by Gasteiger charge is -2.09. The van der Waals surface area contributed by atoms with Crippen LogP contribution in [-0.2, 0) is 6.42 Å². The number of nitrogens with one attached hydrogen (secondary N) is 1. The summed E-state index contributed by atoms with van der Waals surface area (Å²) < 4.78 is 5.21. The van der Waals surface area contributed by atoms with Gasteiger partial charge >= 0.3 is 0 Å². The van der Waals surface area contributed by atoms with E-state index in [4.69, 9.17) is 16.0 Å². The van der Waals surface area contributed by atoms with Crippen LogP contribution in [0.5, 0.6) is 0 Å². The number of amides is 1. The van der Waals surface area contributed by atoms with Crippen LogP contribution in [0.2, 0.25) is 5.15 Å². The molecule has 106 valence electrons. The number of rotatable bonds is 5. The summed E-state index contributed by atoms with van der Waals surface area (Å²) in [5, 5.41) is 3.19. The van der Waals surface area contributed by atoms with Crippen molar-refractivity contribution < 1.29 is 9.21 Å². The minimum atomic E-state index is -0.150. The molecule has 0 aliphatic rings. The van der Waals surface area contributed by atoms with Gasteiger partial charge in [0.2, 0.25) is 0 Å². The van der Waals surface area contributed by atoms with Crippen LogP contribution in [0.4, 0.5) is 0 Å². The predicted molar refractivity (Wildman–Crippen MR) is 78.1 cm³/mol. The molecule has 4 nitrogen and oxygen atoms in total. The number of carbonyl (C=O) groups excluding carboxylic acids is 1. The van der Waals surface area contributed by atoms with Crippen LogP contribution in [0.25, 0.3) is 0 Å². The molecule has 1 N–H and O–H groups in total. The monoisotopic (exact) mass is 292 g/mol. The molecule has 0 saturated carbocycles. The Morgan fingerprint density at radius 3 is 2.90 bits per heavy atom. The number of pyridine rings is 1. The first kappa shape index (κ1) is 14.6. The topological polar surface area (TPSA) is 55.1 Å². The Kier molecular flexibility index (Phi) is 4.79. The normalized spacial score (nSPS) is 10.8. The van der Waals surface area contributed by atoms with E-state index in [1.54, 1.807) is 18.4 Å². The summed E-state index contributed by atoms with van der Waals surface area (Å²) in [5.74, 6) is 0.923. The maximum atomic E-state index is 12.1. The van der Waals surface area contributed by atoms with E-state index in [0.717, 1.165) is 11.5 Å². The highest BCUT2D eigenvalue weighted by molar-refractivity contribution is 6.29. The van der Waals surface area contributed by atoms with Crippen molar-refractivity contribution in [1.29, 1.82) is 0 Å². The van der Waals surface area contributed by atoms with E-state index >= 15 is 0 Å². The van der Waals surface area contributed by atoms with Crippen LogP contribution in [0.15, 0.2) is 34.9 Å². The number of hydrogen-bond donors (Lipinski definition) is 1. The lowest BCUT2D eigenvalue weighted by Crippen LogP contribution is -2.25. The van der Waals surface area contributed by atoms with Crippen LogP contribution >= 0.6 is 11.6 Å². The Labute approximate surface area is 123 Å². The molecule has 0 aliphatic heterocycles. The molecule has 0 aliphatic carbocycles. The summed E-state index contributed by atoms with van der Waals surface area (Å²) in [6, 6.07) is 7.06. The Morgan fingerprint density at radius 2 is 2.25 bits per heavy atom. The van der Waals surface area contributed by atoms with E-state index in [0.29, 0.717) is 23.7 Å². The third kappa shape index (κ3) is 3.84. The number of nitrogens with zero attached hydrogens (tertiary/aromatic N) is 1. The van der Waals surface area contributed by atoms with Gasteiger partial charge in [0.15, 0.2) is 0 Å². The average Bonchev–Trinajstić information content (AvgIpc) is 2.91. The number of aromatic nitrogens is 1. The number of furan rings is 1. The summed E-state index contributed by atoms with van der Waals surface area (Å²) in [4.78, 5) is 16.3. The first-order chi connectivity index (χ1) is 9.56. The summed E-state index contributed by atoms with van der Waals surface area (Å²) in [5.41, 5.74) is 1.35. The van der Waals surface area contributed by atoms with Crippen molar-refractivity contribution in [3.05, 3.63) is 52.7 Å². The van der Waals surface area contributed by atoms with E-state index < -0.39 is 0 Å². The summed E-state index contributed by atoms with van der Waals surface area (Å²) in [7, 11) is 0. The third-order valence-corrected chi connectivity index (χ3v) is 3.10. The zero-order chi connectivity index (χ0) is 14.5. The largest absolute Gasteiger partial charge is 0.469 e. The van der Waals surface area contributed by atoms with Gasteiger partial charge in [-0.3, -0.25) is 4.79 Å². The second-order valence-electron chi connectivity index (χ2n) is 4.84. The molecular weight excluding hydrogens is 276 g/mol. The minimum absolute atomic E-state index is 0.150. The van der Waals surface area contributed by atoms with Crippen molar-refractivity contribution in [1.82, 2.24) is 10.3 Å². The highest BCUT2D eigenvalue weighted by atomic mass is 35.5. The van der Waals surface area contributed by atoms with Gasteiger partial charge in [-0.25, -0.2) is 4.98 Å². The summed E-state index contributed by atoms with van der Waals surface area (Å²) >= 11 is 5.95. The van der Waals surface area contributed by atoms with Crippen molar-refractivity contribution in [2.45, 2.75) is 26.2 Å². The van der Waals surface area contributed by atoms with E-state index in [9.17, 15) is 4.79 Å². The molecule has 2 aromatic heterocycles. The molecule has 2 heterocycles. The van der Waals surface area contributed by atoms with E-state index in [1.807, 2.05) is 26.0 Å². The molecule has 0 bridgehead atoms. The number of carbonyl (C=O) groups is 1. The second-order valence-corrected chi connectivity index (χ2v) is 5.23. The van der Waals surface area contributed by atoms with Crippen LogP contribution in [0, 0.1) is 0 Å². The molecule has 0 aromatic carbocycles. The molecule has 20 heavy (non-hydrogen) atoms. The van der Waals surface area contributed by atoms with Gasteiger partial charge in [-0.15, -0.1) is 0 Å². The number of hydrogen-bond acceptors (Lipinski definition) is 3. The highest BCUT2D eigenvalue weighted by Crippen LogP contribution is 2.17. The van der Waals surface area contributed by atoms with E-state index in [1.165, 1.54) is 0 Å². The van der Waals surface area contributed by atoms with Gasteiger partial charge < -0.3 is 9.73 Å². The fourth-order valence-electron chi connectivity index (χ4n) is 1.80. The van der Waals surface area contributed by atoms with Crippen molar-refractivity contribution >= 4 is 17.5 Å². The second kappa shape index (κ2) is 6.57. The molecule has 0 unspecified atom stereocenters. The first-order valence-electron chi connectivity index (χ1n) is 6.54. The van der Waals surface area contributed by atoms with Crippen molar-refractivity contribution in [2.75, 3.05) is 6.54 Å². The van der Waals surface area contributed by atoms with Crippen molar-refractivity contribution in [3.8, 4) is 0 Å². The fourth-order valence-corrected chi connectivity index (χ4v) is 2.02. The van der Waals surface area contributed by atoms with Gasteiger partial charge in [0.05, 0.1) is 6.26 Å². The highest BCUT2D eigenvalue weighted by Gasteiger charge is 2.11. The van der Waals surface area contributed by atoms with Crippen LogP contribution in [-0.4, -0.2) is 17.4 Å². The Hall–Kier alpha value is -1.81. The van der Waals surface area contributed by atoms with Gasteiger partial charge in [-0.05, 0) is 30.2 Å². The van der Waals surface area contributed by atoms with Gasteiger partial charge in [0.25, 0.3) is 5.91 Å². The molecule has 5 heteroatoms. The maximum absolute atomic E-state index is 12.1.